The molecule has 6 nitrogen and oxygen atoms in total. The van der Waals surface area contributed by atoms with Gasteiger partial charge >= 0.3 is 11.8 Å². The summed E-state index contributed by atoms with van der Waals surface area (Å²) in [6, 6.07) is 11.6. The molecule has 0 fully saturated rings. The number of sulfone groups is 1. The van der Waals surface area contributed by atoms with Crippen molar-refractivity contribution in [2.75, 3.05) is 13.1 Å². The molecule has 2 aromatic rings. The molecule has 2 amide bonds. The lowest BCUT2D eigenvalue weighted by Gasteiger charge is -2.17. The SMILES string of the molecule is O=C(NCCC1=CCCCC1)C(=O)NC[C@H](c1cccs1)S(=O)(=O)c1ccccc1. The lowest BCUT2D eigenvalue weighted by atomic mass is 9.97. The summed E-state index contributed by atoms with van der Waals surface area (Å²) in [5.74, 6) is -1.56. The first-order valence-electron chi connectivity index (χ1n) is 10.0. The highest BCUT2D eigenvalue weighted by atomic mass is 32.2. The summed E-state index contributed by atoms with van der Waals surface area (Å²) in [6.45, 7) is 0.226. The quantitative estimate of drug-likeness (QED) is 0.480. The standard InChI is InChI=1S/C22H26N2O4S2/c25-21(23-14-13-17-8-3-1-4-9-17)22(26)24-16-20(19-12-7-15-29-19)30(27,28)18-10-5-2-6-11-18/h2,5-8,10-12,15,20H,1,3-4,9,13-14,16H2,(H,23,25)(H,24,26)/t20-/m1/s1. The average Bonchev–Trinajstić information content (AvgIpc) is 3.29. The fraction of sp³-hybridized carbons (Fsp3) is 0.364. The third-order valence-electron chi connectivity index (χ3n) is 5.08. The first-order chi connectivity index (χ1) is 14.5. The number of hydrogen-bond acceptors (Lipinski definition) is 5. The van der Waals surface area contributed by atoms with Crippen LogP contribution in [-0.2, 0) is 19.4 Å². The van der Waals surface area contributed by atoms with Crippen molar-refractivity contribution in [1.29, 1.82) is 0 Å². The molecule has 0 aliphatic heterocycles. The zero-order valence-corrected chi connectivity index (χ0v) is 18.3. The normalized spacial score (nSPS) is 15.1. The second-order valence-corrected chi connectivity index (χ2v) is 10.3. The van der Waals surface area contributed by atoms with Crippen LogP contribution in [0.5, 0.6) is 0 Å². The molecule has 0 saturated carbocycles. The molecule has 1 aliphatic rings. The topological polar surface area (TPSA) is 92.3 Å². The van der Waals surface area contributed by atoms with Gasteiger partial charge in [0.15, 0.2) is 9.84 Å². The van der Waals surface area contributed by atoms with E-state index in [0.717, 1.165) is 19.3 Å². The Morgan fingerprint density at radius 3 is 2.43 bits per heavy atom. The summed E-state index contributed by atoms with van der Waals surface area (Å²) in [7, 11) is -3.72. The van der Waals surface area contributed by atoms with Crippen molar-refractivity contribution in [3.05, 3.63) is 64.4 Å². The van der Waals surface area contributed by atoms with E-state index in [2.05, 4.69) is 16.7 Å². The van der Waals surface area contributed by atoms with Crippen molar-refractivity contribution >= 4 is 33.0 Å². The van der Waals surface area contributed by atoms with Gasteiger partial charge in [-0.3, -0.25) is 9.59 Å². The molecule has 0 saturated heterocycles. The van der Waals surface area contributed by atoms with Crippen molar-refractivity contribution in [2.45, 2.75) is 42.2 Å². The molecule has 3 rings (SSSR count). The van der Waals surface area contributed by atoms with Crippen LogP contribution in [0.2, 0.25) is 0 Å². The highest BCUT2D eigenvalue weighted by Crippen LogP contribution is 2.31. The van der Waals surface area contributed by atoms with Crippen LogP contribution in [0.1, 0.15) is 42.2 Å². The molecule has 8 heteroatoms. The summed E-state index contributed by atoms with van der Waals surface area (Å²) in [5.41, 5.74) is 1.31. The predicted molar refractivity (Wildman–Crippen MR) is 118 cm³/mol. The highest BCUT2D eigenvalue weighted by molar-refractivity contribution is 7.91. The van der Waals surface area contributed by atoms with E-state index in [1.807, 2.05) is 0 Å². The zero-order chi connectivity index (χ0) is 21.4. The molecular formula is C22H26N2O4S2. The largest absolute Gasteiger partial charge is 0.348 e. The highest BCUT2D eigenvalue weighted by Gasteiger charge is 2.31. The number of hydrogen-bond donors (Lipinski definition) is 2. The maximum absolute atomic E-state index is 13.1. The molecule has 1 aliphatic carbocycles. The van der Waals surface area contributed by atoms with E-state index in [0.29, 0.717) is 11.4 Å². The molecule has 1 aromatic heterocycles. The summed E-state index contributed by atoms with van der Waals surface area (Å²) >= 11 is 1.31. The second kappa shape index (κ2) is 10.5. The molecule has 0 radical (unpaired) electrons. The zero-order valence-electron chi connectivity index (χ0n) is 16.7. The maximum Gasteiger partial charge on any atom is 0.309 e. The minimum absolute atomic E-state index is 0.171. The number of carbonyl (C=O) groups excluding carboxylic acids is 2. The van der Waals surface area contributed by atoms with Crippen LogP contribution in [0, 0.1) is 0 Å². The number of rotatable bonds is 8. The molecule has 0 unspecified atom stereocenters. The summed E-state index contributed by atoms with van der Waals surface area (Å²) in [4.78, 5) is 25.1. The van der Waals surface area contributed by atoms with E-state index < -0.39 is 26.9 Å². The molecule has 160 valence electrons. The Kier molecular flexibility index (Phi) is 7.81. The Morgan fingerprint density at radius 1 is 1.00 bits per heavy atom. The van der Waals surface area contributed by atoms with Crippen molar-refractivity contribution in [1.82, 2.24) is 10.6 Å². The fourth-order valence-electron chi connectivity index (χ4n) is 3.43. The smallest absolute Gasteiger partial charge is 0.309 e. The van der Waals surface area contributed by atoms with E-state index in [9.17, 15) is 18.0 Å². The Balaban J connectivity index is 1.59. The van der Waals surface area contributed by atoms with Gasteiger partial charge in [-0.1, -0.05) is 35.9 Å². The molecular weight excluding hydrogens is 420 g/mol. The number of thiophene rings is 1. The van der Waals surface area contributed by atoms with Gasteiger partial charge in [0.2, 0.25) is 0 Å². The van der Waals surface area contributed by atoms with Gasteiger partial charge in [0.05, 0.1) is 4.90 Å². The van der Waals surface area contributed by atoms with E-state index in [4.69, 9.17) is 0 Å². The van der Waals surface area contributed by atoms with Gasteiger partial charge in [0.1, 0.15) is 5.25 Å². The second-order valence-electron chi connectivity index (χ2n) is 7.19. The minimum Gasteiger partial charge on any atom is -0.348 e. The Hall–Kier alpha value is -2.45. The summed E-state index contributed by atoms with van der Waals surface area (Å²) < 4.78 is 26.2. The molecule has 30 heavy (non-hydrogen) atoms. The maximum atomic E-state index is 13.1. The number of allylic oxidation sites excluding steroid dienone is 1. The van der Waals surface area contributed by atoms with E-state index in [-0.39, 0.29) is 11.4 Å². The van der Waals surface area contributed by atoms with Gasteiger partial charge in [0.25, 0.3) is 0 Å². The lowest BCUT2D eigenvalue weighted by Crippen LogP contribution is -2.42. The van der Waals surface area contributed by atoms with Crippen molar-refractivity contribution in [2.24, 2.45) is 0 Å². The average molecular weight is 447 g/mol. The van der Waals surface area contributed by atoms with E-state index in [1.165, 1.54) is 41.9 Å². The fourth-order valence-corrected chi connectivity index (χ4v) is 6.23. The molecule has 2 N–H and O–H groups in total. The van der Waals surface area contributed by atoms with Crippen LogP contribution in [0.3, 0.4) is 0 Å². The summed E-state index contributed by atoms with van der Waals surface area (Å²) in [6.07, 6.45) is 7.43. The van der Waals surface area contributed by atoms with Gasteiger partial charge in [0, 0.05) is 18.0 Å². The monoisotopic (exact) mass is 446 g/mol. The van der Waals surface area contributed by atoms with Crippen LogP contribution in [0.15, 0.2) is 64.4 Å². The van der Waals surface area contributed by atoms with Crippen molar-refractivity contribution < 1.29 is 18.0 Å². The van der Waals surface area contributed by atoms with Crippen LogP contribution < -0.4 is 10.6 Å². The van der Waals surface area contributed by atoms with Gasteiger partial charge < -0.3 is 10.6 Å². The van der Waals surface area contributed by atoms with Crippen LogP contribution in [-0.4, -0.2) is 33.3 Å². The van der Waals surface area contributed by atoms with Crippen LogP contribution in [0.4, 0.5) is 0 Å². The third-order valence-corrected chi connectivity index (χ3v) is 8.31. The molecule has 1 heterocycles. The van der Waals surface area contributed by atoms with E-state index >= 15 is 0 Å². The predicted octanol–water partition coefficient (Wildman–Crippen LogP) is 3.39. The first kappa shape index (κ1) is 22.2. The Morgan fingerprint density at radius 2 is 1.77 bits per heavy atom. The molecule has 1 atom stereocenters. The Bertz CT molecular complexity index is 983. The first-order valence-corrected chi connectivity index (χ1v) is 12.5. The number of nitrogens with one attached hydrogen (secondary N) is 2. The van der Waals surface area contributed by atoms with Crippen molar-refractivity contribution in [3.8, 4) is 0 Å². The molecule has 0 spiro atoms. The van der Waals surface area contributed by atoms with Gasteiger partial charge in [-0.2, -0.15) is 0 Å². The minimum atomic E-state index is -3.72. The van der Waals surface area contributed by atoms with Crippen molar-refractivity contribution in [3.63, 3.8) is 0 Å². The number of amides is 2. The lowest BCUT2D eigenvalue weighted by molar-refractivity contribution is -0.139. The number of benzene rings is 1. The van der Waals surface area contributed by atoms with Crippen LogP contribution in [0.25, 0.3) is 0 Å². The summed E-state index contributed by atoms with van der Waals surface area (Å²) in [5, 5.41) is 5.95. The van der Waals surface area contributed by atoms with Crippen LogP contribution >= 0.6 is 11.3 Å². The molecule has 0 bridgehead atoms. The van der Waals surface area contributed by atoms with Gasteiger partial charge in [-0.05, 0) is 55.7 Å². The Labute approximate surface area is 181 Å². The number of carbonyl (C=O) groups is 2. The molecule has 1 aromatic carbocycles. The van der Waals surface area contributed by atoms with E-state index in [1.54, 1.807) is 35.7 Å². The van der Waals surface area contributed by atoms with Gasteiger partial charge in [-0.25, -0.2) is 8.42 Å². The third kappa shape index (κ3) is 5.79. The van der Waals surface area contributed by atoms with Gasteiger partial charge in [-0.15, -0.1) is 11.3 Å².